The summed E-state index contributed by atoms with van der Waals surface area (Å²) in [6.07, 6.45) is 1.40. The van der Waals surface area contributed by atoms with E-state index in [9.17, 15) is 4.79 Å². The third-order valence-electron chi connectivity index (χ3n) is 3.63. The van der Waals surface area contributed by atoms with E-state index in [1.54, 1.807) is 48.5 Å². The van der Waals surface area contributed by atoms with Crippen molar-refractivity contribution in [2.75, 3.05) is 7.11 Å². The normalized spacial score (nSPS) is 10.5. The Morgan fingerprint density at radius 1 is 1.19 bits per heavy atom. The molecular weight excluding hydrogens is 330 g/mol. The minimum absolute atomic E-state index is 0.359. The van der Waals surface area contributed by atoms with E-state index >= 15 is 0 Å². The highest BCUT2D eigenvalue weighted by molar-refractivity contribution is 5.95. The predicted molar refractivity (Wildman–Crippen MR) is 96.9 cm³/mol. The third-order valence-corrected chi connectivity index (χ3v) is 3.63. The maximum absolute atomic E-state index is 12.1. The average Bonchev–Trinajstić information content (AvgIpc) is 3.16. The molecule has 1 aromatic heterocycles. The van der Waals surface area contributed by atoms with Crippen LogP contribution >= 0.6 is 0 Å². The number of carbonyl (C=O) groups excluding carboxylic acids is 1. The molecule has 0 aliphatic rings. The SMILES string of the molecule is COc1cccc(C(=O)N/N=C\c2ccc(-c3ccccc3C#N)o2)c1. The number of carbonyl (C=O) groups is 1. The molecule has 1 heterocycles. The van der Waals surface area contributed by atoms with E-state index in [1.807, 2.05) is 12.1 Å². The molecule has 0 radical (unpaired) electrons. The first kappa shape index (κ1) is 17.0. The summed E-state index contributed by atoms with van der Waals surface area (Å²) in [5, 5.41) is 13.1. The topological polar surface area (TPSA) is 87.6 Å². The van der Waals surface area contributed by atoms with Gasteiger partial charge >= 0.3 is 0 Å². The fourth-order valence-corrected chi connectivity index (χ4v) is 2.35. The van der Waals surface area contributed by atoms with E-state index in [-0.39, 0.29) is 5.91 Å². The van der Waals surface area contributed by atoms with Crippen LogP contribution in [0.3, 0.4) is 0 Å². The molecule has 3 aromatic rings. The molecule has 2 aromatic carbocycles. The van der Waals surface area contributed by atoms with E-state index in [2.05, 4.69) is 16.6 Å². The monoisotopic (exact) mass is 345 g/mol. The van der Waals surface area contributed by atoms with E-state index in [4.69, 9.17) is 14.4 Å². The van der Waals surface area contributed by atoms with Crippen molar-refractivity contribution in [3.63, 3.8) is 0 Å². The highest BCUT2D eigenvalue weighted by Gasteiger charge is 2.09. The van der Waals surface area contributed by atoms with Crippen LogP contribution in [0.2, 0.25) is 0 Å². The van der Waals surface area contributed by atoms with Gasteiger partial charge in [-0.1, -0.05) is 18.2 Å². The molecule has 6 heteroatoms. The van der Waals surface area contributed by atoms with E-state index < -0.39 is 0 Å². The van der Waals surface area contributed by atoms with Gasteiger partial charge in [0.15, 0.2) is 0 Å². The van der Waals surface area contributed by atoms with Crippen molar-refractivity contribution in [3.8, 4) is 23.1 Å². The summed E-state index contributed by atoms with van der Waals surface area (Å²) in [6.45, 7) is 0. The lowest BCUT2D eigenvalue weighted by atomic mass is 10.1. The van der Waals surface area contributed by atoms with Crippen molar-refractivity contribution in [1.29, 1.82) is 5.26 Å². The predicted octanol–water partition coefficient (Wildman–Crippen LogP) is 3.59. The molecule has 128 valence electrons. The molecule has 0 saturated carbocycles. The van der Waals surface area contributed by atoms with Gasteiger partial charge in [0.25, 0.3) is 5.91 Å². The molecular formula is C20H15N3O3. The molecule has 1 N–H and O–H groups in total. The zero-order valence-corrected chi connectivity index (χ0v) is 14.0. The molecule has 0 atom stereocenters. The molecule has 0 fully saturated rings. The van der Waals surface area contributed by atoms with Crippen LogP contribution in [0.25, 0.3) is 11.3 Å². The molecule has 0 aliphatic carbocycles. The summed E-state index contributed by atoms with van der Waals surface area (Å²) in [6, 6.07) is 19.5. The van der Waals surface area contributed by atoms with Gasteiger partial charge in [-0.05, 0) is 42.5 Å². The number of nitrogens with zero attached hydrogens (tertiary/aromatic N) is 2. The van der Waals surface area contributed by atoms with Crippen LogP contribution in [0.4, 0.5) is 0 Å². The van der Waals surface area contributed by atoms with Crippen LogP contribution in [0.15, 0.2) is 70.2 Å². The number of hydrogen-bond donors (Lipinski definition) is 1. The lowest BCUT2D eigenvalue weighted by Gasteiger charge is -2.02. The molecule has 3 rings (SSSR count). The number of furan rings is 1. The summed E-state index contributed by atoms with van der Waals surface area (Å²) < 4.78 is 10.8. The lowest BCUT2D eigenvalue weighted by Crippen LogP contribution is -2.17. The van der Waals surface area contributed by atoms with Gasteiger partial charge in [0.1, 0.15) is 17.3 Å². The number of rotatable bonds is 5. The standard InChI is InChI=1S/C20H15N3O3/c1-25-16-7-4-6-14(11-16)20(24)23-22-13-17-9-10-19(26-17)18-8-3-2-5-15(18)12-21/h2-11,13H,1H3,(H,23,24)/b22-13-. The molecule has 1 amide bonds. The Morgan fingerprint density at radius 3 is 2.85 bits per heavy atom. The second kappa shape index (κ2) is 7.81. The van der Waals surface area contributed by atoms with Crippen molar-refractivity contribution in [3.05, 3.63) is 77.6 Å². The second-order valence-corrected chi connectivity index (χ2v) is 5.29. The molecule has 0 bridgehead atoms. The second-order valence-electron chi connectivity index (χ2n) is 5.29. The van der Waals surface area contributed by atoms with Gasteiger partial charge in [0, 0.05) is 11.1 Å². The maximum Gasteiger partial charge on any atom is 0.271 e. The van der Waals surface area contributed by atoms with Crippen molar-refractivity contribution in [2.45, 2.75) is 0 Å². The van der Waals surface area contributed by atoms with Crippen LogP contribution in [0.1, 0.15) is 21.7 Å². The van der Waals surface area contributed by atoms with Gasteiger partial charge in [0.2, 0.25) is 0 Å². The summed E-state index contributed by atoms with van der Waals surface area (Å²) in [4.78, 5) is 12.1. The number of nitriles is 1. The van der Waals surface area contributed by atoms with Crippen LogP contribution in [-0.4, -0.2) is 19.2 Å². The highest BCUT2D eigenvalue weighted by Crippen LogP contribution is 2.24. The van der Waals surface area contributed by atoms with Gasteiger partial charge < -0.3 is 9.15 Å². The van der Waals surface area contributed by atoms with Crippen LogP contribution < -0.4 is 10.2 Å². The summed E-state index contributed by atoms with van der Waals surface area (Å²) >= 11 is 0. The number of hydrazone groups is 1. The maximum atomic E-state index is 12.1. The van der Waals surface area contributed by atoms with Crippen molar-refractivity contribution in [1.82, 2.24) is 5.43 Å². The van der Waals surface area contributed by atoms with Crippen molar-refractivity contribution in [2.24, 2.45) is 5.10 Å². The quantitative estimate of drug-likeness (QED) is 0.565. The molecule has 0 aliphatic heterocycles. The third kappa shape index (κ3) is 3.79. The Bertz CT molecular complexity index is 999. The number of ether oxygens (including phenoxy) is 1. The average molecular weight is 345 g/mol. The van der Waals surface area contributed by atoms with E-state index in [0.29, 0.717) is 34.0 Å². The number of nitrogens with one attached hydrogen (secondary N) is 1. The van der Waals surface area contributed by atoms with Gasteiger partial charge in [0.05, 0.1) is 25.0 Å². The molecule has 0 spiro atoms. The summed E-state index contributed by atoms with van der Waals surface area (Å²) in [7, 11) is 1.54. The van der Waals surface area contributed by atoms with E-state index in [0.717, 1.165) is 0 Å². The fourth-order valence-electron chi connectivity index (χ4n) is 2.35. The van der Waals surface area contributed by atoms with Gasteiger partial charge in [-0.25, -0.2) is 5.43 Å². The Labute approximate surface area is 150 Å². The van der Waals surface area contributed by atoms with E-state index in [1.165, 1.54) is 13.3 Å². The van der Waals surface area contributed by atoms with Crippen LogP contribution in [-0.2, 0) is 0 Å². The Hall–Kier alpha value is -3.85. The Morgan fingerprint density at radius 2 is 2.04 bits per heavy atom. The first-order valence-corrected chi connectivity index (χ1v) is 7.78. The molecule has 26 heavy (non-hydrogen) atoms. The zero-order valence-electron chi connectivity index (χ0n) is 14.0. The lowest BCUT2D eigenvalue weighted by molar-refractivity contribution is 0.0955. The minimum atomic E-state index is -0.359. The zero-order chi connectivity index (χ0) is 18.4. The van der Waals surface area contributed by atoms with Crippen LogP contribution in [0.5, 0.6) is 5.75 Å². The first-order chi connectivity index (χ1) is 12.7. The first-order valence-electron chi connectivity index (χ1n) is 7.78. The summed E-state index contributed by atoms with van der Waals surface area (Å²) in [5.74, 6) is 1.25. The Balaban J connectivity index is 1.69. The van der Waals surface area contributed by atoms with Crippen molar-refractivity contribution < 1.29 is 13.9 Å². The minimum Gasteiger partial charge on any atom is -0.497 e. The highest BCUT2D eigenvalue weighted by atomic mass is 16.5. The van der Waals surface area contributed by atoms with Gasteiger partial charge in [-0.2, -0.15) is 10.4 Å². The van der Waals surface area contributed by atoms with Crippen molar-refractivity contribution >= 4 is 12.1 Å². The molecule has 6 nitrogen and oxygen atoms in total. The number of amides is 1. The smallest absolute Gasteiger partial charge is 0.271 e. The largest absolute Gasteiger partial charge is 0.497 e. The number of hydrogen-bond acceptors (Lipinski definition) is 5. The van der Waals surface area contributed by atoms with Gasteiger partial charge in [-0.3, -0.25) is 4.79 Å². The summed E-state index contributed by atoms with van der Waals surface area (Å²) in [5.41, 5.74) is 4.10. The number of benzene rings is 2. The molecule has 0 saturated heterocycles. The number of methoxy groups -OCH3 is 1. The Kier molecular flexibility index (Phi) is 5.11. The van der Waals surface area contributed by atoms with Crippen LogP contribution in [0, 0.1) is 11.3 Å². The fraction of sp³-hybridized carbons (Fsp3) is 0.0500. The molecule has 0 unspecified atom stereocenters. The van der Waals surface area contributed by atoms with Gasteiger partial charge in [-0.15, -0.1) is 0 Å².